The van der Waals surface area contributed by atoms with Gasteiger partial charge in [-0.15, -0.1) is 0 Å². The molecule has 0 spiro atoms. The van der Waals surface area contributed by atoms with E-state index in [1.54, 1.807) is 7.11 Å². The third-order valence-corrected chi connectivity index (χ3v) is 0.619. The Morgan fingerprint density at radius 1 is 1.86 bits per heavy atom. The second kappa shape index (κ2) is 1.69. The molecule has 0 aliphatic rings. The summed E-state index contributed by atoms with van der Waals surface area (Å²) in [7, 11) is 1.55. The lowest BCUT2D eigenvalue weighted by molar-refractivity contribution is 0.405. The quantitative estimate of drug-likeness (QED) is 0.518. The number of ether oxygens (including phenoxy) is 1. The molecule has 0 bridgehead atoms. The smallest absolute Gasteiger partial charge is 0.181 e. The first-order valence-corrected chi connectivity index (χ1v) is 1.84. The third kappa shape index (κ3) is 0.738. The average Bonchev–Trinajstić information content (AvgIpc) is 2.14. The standard InChI is InChI=1S/C5H4O2/c1-6-5-2-3-7-4-5/h4H,1H3. The minimum Gasteiger partial charge on any atom is -0.493 e. The summed E-state index contributed by atoms with van der Waals surface area (Å²) in [6.07, 6.45) is 3.79. The van der Waals surface area contributed by atoms with E-state index in [2.05, 4.69) is 21.5 Å². The van der Waals surface area contributed by atoms with E-state index in [9.17, 15) is 0 Å². The van der Waals surface area contributed by atoms with Gasteiger partial charge in [-0.3, -0.25) is 0 Å². The molecule has 0 saturated heterocycles. The molecule has 0 unspecified atom stereocenters. The third-order valence-electron chi connectivity index (χ3n) is 0.619. The largest absolute Gasteiger partial charge is 0.493 e. The molecule has 7 heavy (non-hydrogen) atoms. The maximum atomic E-state index is 4.67. The number of hydrogen-bond donors (Lipinski definition) is 0. The molecule has 0 aliphatic carbocycles. The van der Waals surface area contributed by atoms with Gasteiger partial charge in [-0.25, -0.2) is 0 Å². The molecule has 0 N–H and O–H groups in total. The zero-order valence-electron chi connectivity index (χ0n) is 3.89. The monoisotopic (exact) mass is 96.0 g/mol. The summed E-state index contributed by atoms with van der Waals surface area (Å²) in [5.74, 6) is 0.583. The van der Waals surface area contributed by atoms with E-state index < -0.39 is 0 Å². The van der Waals surface area contributed by atoms with Gasteiger partial charge in [0, 0.05) is 0 Å². The normalized spacial score (nSPS) is 8.71. The number of hydrogen-bond acceptors (Lipinski definition) is 2. The Kier molecular flexibility index (Phi) is 1.02. The number of furan rings is 1. The molecule has 1 heterocycles. The number of rotatable bonds is 1. The fourth-order valence-electron chi connectivity index (χ4n) is 0.291. The molecule has 2 nitrogen and oxygen atoms in total. The van der Waals surface area contributed by atoms with Crippen LogP contribution in [0.5, 0.6) is 5.75 Å². The highest BCUT2D eigenvalue weighted by molar-refractivity contribution is 5.09. The van der Waals surface area contributed by atoms with E-state index in [0.29, 0.717) is 5.75 Å². The molecule has 0 fully saturated rings. The van der Waals surface area contributed by atoms with Crippen LogP contribution in [-0.2, 0) is 0 Å². The molecule has 1 rings (SSSR count). The van der Waals surface area contributed by atoms with Crippen LogP contribution in [0, 0.1) is 12.3 Å². The van der Waals surface area contributed by atoms with Crippen LogP contribution in [0.15, 0.2) is 10.7 Å². The van der Waals surface area contributed by atoms with Crippen molar-refractivity contribution in [2.45, 2.75) is 0 Å². The Balaban J connectivity index is 2.76. The first-order valence-electron chi connectivity index (χ1n) is 1.84. The fraction of sp³-hybridized carbons (Fsp3) is 0.200. The van der Waals surface area contributed by atoms with Crippen molar-refractivity contribution in [2.75, 3.05) is 7.11 Å². The van der Waals surface area contributed by atoms with Crippen LogP contribution in [0.1, 0.15) is 0 Å². The average molecular weight is 96.1 g/mol. The summed E-state index contributed by atoms with van der Waals surface area (Å²) < 4.78 is 9.17. The van der Waals surface area contributed by atoms with Gasteiger partial charge in [0.05, 0.1) is 13.2 Å². The Hall–Kier alpha value is -0.920. The molecule has 0 aromatic carbocycles. The van der Waals surface area contributed by atoms with Gasteiger partial charge in [-0.2, -0.15) is 0 Å². The predicted octanol–water partition coefficient (Wildman–Crippen LogP) is 0.889. The molecule has 0 aliphatic heterocycles. The van der Waals surface area contributed by atoms with E-state index in [4.69, 9.17) is 0 Å². The van der Waals surface area contributed by atoms with Crippen molar-refractivity contribution in [3.63, 3.8) is 0 Å². The van der Waals surface area contributed by atoms with Crippen LogP contribution < -0.4 is 4.74 Å². The van der Waals surface area contributed by atoms with Crippen molar-refractivity contribution in [1.82, 2.24) is 0 Å². The van der Waals surface area contributed by atoms with Gasteiger partial charge >= 0.3 is 0 Å². The van der Waals surface area contributed by atoms with Crippen molar-refractivity contribution in [2.24, 2.45) is 0 Å². The van der Waals surface area contributed by atoms with Crippen LogP contribution in [0.2, 0.25) is 0 Å². The Bertz CT molecular complexity index is 121. The Labute approximate surface area is 41.7 Å². The summed E-state index contributed by atoms with van der Waals surface area (Å²) >= 11 is 0. The summed E-state index contributed by atoms with van der Waals surface area (Å²) in [5, 5.41) is 0. The topological polar surface area (TPSA) is 22.4 Å². The van der Waals surface area contributed by atoms with E-state index >= 15 is 0 Å². The fourth-order valence-corrected chi connectivity index (χ4v) is 0.291. The zero-order chi connectivity index (χ0) is 5.11. The zero-order valence-corrected chi connectivity index (χ0v) is 3.89. The van der Waals surface area contributed by atoms with Gasteiger partial charge in [0.1, 0.15) is 6.26 Å². The Morgan fingerprint density at radius 3 is 3.00 bits per heavy atom. The highest BCUT2D eigenvalue weighted by atomic mass is 16.5. The van der Waals surface area contributed by atoms with E-state index in [-0.39, 0.29) is 0 Å². The first-order chi connectivity index (χ1) is 3.43. The molecule has 0 saturated carbocycles. The molecule has 2 heteroatoms. The minimum absolute atomic E-state index is 0.583. The van der Waals surface area contributed by atoms with Gasteiger partial charge in [-0.05, 0) is 0 Å². The minimum atomic E-state index is 0.583. The van der Waals surface area contributed by atoms with Gasteiger partial charge in [0.15, 0.2) is 12.0 Å². The van der Waals surface area contributed by atoms with E-state index in [1.165, 1.54) is 6.26 Å². The summed E-state index contributed by atoms with van der Waals surface area (Å²) in [5.41, 5.74) is 0. The lowest BCUT2D eigenvalue weighted by Gasteiger charge is -1.84. The van der Waals surface area contributed by atoms with Gasteiger partial charge in [-0.1, -0.05) is 0 Å². The maximum Gasteiger partial charge on any atom is 0.181 e. The van der Waals surface area contributed by atoms with Crippen LogP contribution in [-0.4, -0.2) is 7.11 Å². The summed E-state index contributed by atoms with van der Waals surface area (Å²) in [6, 6.07) is 2.57. The second-order valence-corrected chi connectivity index (χ2v) is 1.03. The van der Waals surface area contributed by atoms with Crippen molar-refractivity contribution in [3.8, 4) is 5.75 Å². The highest BCUT2D eigenvalue weighted by Crippen LogP contribution is 2.05. The van der Waals surface area contributed by atoms with Gasteiger partial charge in [0.25, 0.3) is 0 Å². The van der Waals surface area contributed by atoms with Crippen LogP contribution in [0.3, 0.4) is 0 Å². The van der Waals surface area contributed by atoms with Gasteiger partial charge in [0.2, 0.25) is 0 Å². The molecule has 0 amide bonds. The molecule has 1 aromatic heterocycles. The first kappa shape index (κ1) is 4.24. The van der Waals surface area contributed by atoms with E-state index in [0.717, 1.165) is 0 Å². The number of methoxy groups -OCH3 is 1. The van der Waals surface area contributed by atoms with Gasteiger partial charge < -0.3 is 9.15 Å². The van der Waals surface area contributed by atoms with E-state index in [1.807, 2.05) is 0 Å². The molecule has 36 valence electrons. The van der Waals surface area contributed by atoms with Crippen LogP contribution >= 0.6 is 0 Å². The second-order valence-electron chi connectivity index (χ2n) is 1.03. The summed E-state index contributed by atoms with van der Waals surface area (Å²) in [4.78, 5) is 0. The van der Waals surface area contributed by atoms with Crippen molar-refractivity contribution in [1.29, 1.82) is 0 Å². The van der Waals surface area contributed by atoms with Crippen molar-refractivity contribution < 1.29 is 9.15 Å². The van der Waals surface area contributed by atoms with Crippen LogP contribution in [0.25, 0.3) is 0 Å². The summed E-state index contributed by atoms with van der Waals surface area (Å²) in [6.45, 7) is 0. The molecular formula is C5H4O2. The molecule has 1 aromatic rings. The maximum absolute atomic E-state index is 4.67. The molecule has 0 atom stereocenters. The molecular weight excluding hydrogens is 92.1 g/mol. The lowest BCUT2D eigenvalue weighted by atomic mass is 10.6. The lowest BCUT2D eigenvalue weighted by Crippen LogP contribution is -1.75. The highest BCUT2D eigenvalue weighted by Gasteiger charge is 1.86. The van der Waals surface area contributed by atoms with Crippen molar-refractivity contribution in [3.05, 3.63) is 18.6 Å². The van der Waals surface area contributed by atoms with Crippen molar-refractivity contribution >= 4 is 0 Å². The SMILES string of the molecule is COc1[c][c]oc1. The Morgan fingerprint density at radius 2 is 2.71 bits per heavy atom. The molecule has 2 radical (unpaired) electrons. The predicted molar refractivity (Wildman–Crippen MR) is 22.9 cm³/mol. The van der Waals surface area contributed by atoms with Crippen LogP contribution in [0.4, 0.5) is 0 Å².